The van der Waals surface area contributed by atoms with Crippen LogP contribution in [-0.4, -0.2) is 35.2 Å². The number of hydrazine groups is 1. The first-order valence-electron chi connectivity index (χ1n) is 9.76. The van der Waals surface area contributed by atoms with Gasteiger partial charge in [0, 0.05) is 23.6 Å². The van der Waals surface area contributed by atoms with Crippen LogP contribution in [0.25, 0.3) is 10.8 Å². The van der Waals surface area contributed by atoms with Crippen molar-refractivity contribution in [1.29, 1.82) is 0 Å². The molecule has 0 radical (unpaired) electrons. The number of amides is 1. The number of pyridine rings is 2. The maximum Gasteiger partial charge on any atom is 0.300 e. The zero-order valence-corrected chi connectivity index (χ0v) is 17.6. The maximum atomic E-state index is 12.5. The molecule has 0 aliphatic rings. The molecule has 0 unspecified atom stereocenters. The smallest absolute Gasteiger partial charge is 0.300 e. The lowest BCUT2D eigenvalue weighted by Gasteiger charge is -2.15. The van der Waals surface area contributed by atoms with Gasteiger partial charge in [-0.2, -0.15) is 4.57 Å². The molecule has 0 atom stereocenters. The van der Waals surface area contributed by atoms with Gasteiger partial charge in [-0.1, -0.05) is 18.2 Å². The Bertz CT molecular complexity index is 1200. The second-order valence-electron chi connectivity index (χ2n) is 7.11. The van der Waals surface area contributed by atoms with Gasteiger partial charge in [0.05, 0.1) is 5.56 Å². The number of fused-ring (bicyclic) bond motifs is 1. The van der Waals surface area contributed by atoms with Crippen LogP contribution in [0.4, 0.5) is 0 Å². The fourth-order valence-corrected chi connectivity index (χ4v) is 3.51. The van der Waals surface area contributed by atoms with Crippen molar-refractivity contribution in [2.45, 2.75) is 26.8 Å². The van der Waals surface area contributed by atoms with Crippen molar-refractivity contribution < 1.29 is 24.1 Å². The van der Waals surface area contributed by atoms with E-state index in [1.54, 1.807) is 11.5 Å². The summed E-state index contributed by atoms with van der Waals surface area (Å²) in [4.78, 5) is 41.6. The van der Waals surface area contributed by atoms with E-state index >= 15 is 0 Å². The Hall–Kier alpha value is -3.72. The molecule has 2 aromatic heterocycles. The van der Waals surface area contributed by atoms with Crippen LogP contribution in [0.2, 0.25) is 0 Å². The van der Waals surface area contributed by atoms with Crippen LogP contribution in [0.3, 0.4) is 0 Å². The number of Topliss-reactive ketones (excluding diaryl/α,β-unsaturated/α-hetero) is 1. The van der Waals surface area contributed by atoms with E-state index < -0.39 is 11.4 Å². The second kappa shape index (κ2) is 9.40. The molecule has 0 saturated heterocycles. The van der Waals surface area contributed by atoms with Crippen molar-refractivity contribution in [2.75, 3.05) is 13.7 Å². The van der Waals surface area contributed by atoms with Crippen molar-refractivity contribution >= 4 is 22.5 Å². The molecule has 3 rings (SSSR count). The number of ketones is 1. The molecule has 162 valence electrons. The van der Waals surface area contributed by atoms with Crippen LogP contribution in [0.5, 0.6) is 5.88 Å². The molecule has 9 nitrogen and oxygen atoms in total. The Labute approximate surface area is 178 Å². The summed E-state index contributed by atoms with van der Waals surface area (Å²) in [5.41, 5.74) is 5.59. The molecule has 31 heavy (non-hydrogen) atoms. The third kappa shape index (κ3) is 4.72. The molecular weight excluding hydrogens is 400 g/mol. The van der Waals surface area contributed by atoms with E-state index in [1.165, 1.54) is 14.0 Å². The number of hydrogen-bond acceptors (Lipinski definition) is 6. The molecule has 1 aromatic carbocycles. The molecule has 0 saturated carbocycles. The Kier molecular flexibility index (Phi) is 6.66. The van der Waals surface area contributed by atoms with E-state index in [0.29, 0.717) is 15.9 Å². The lowest BCUT2D eigenvalue weighted by atomic mass is 10.0. The lowest BCUT2D eigenvalue weighted by Crippen LogP contribution is -2.47. The van der Waals surface area contributed by atoms with Gasteiger partial charge >= 0.3 is 0 Å². The zero-order chi connectivity index (χ0) is 22.5. The largest absolute Gasteiger partial charge is 0.492 e. The number of carbonyl (C=O) groups is 2. The summed E-state index contributed by atoms with van der Waals surface area (Å²) in [7, 11) is 1.23. The first-order valence-corrected chi connectivity index (χ1v) is 9.76. The first kappa shape index (κ1) is 22.0. The summed E-state index contributed by atoms with van der Waals surface area (Å²) in [6, 6.07) is 9.82. The van der Waals surface area contributed by atoms with Gasteiger partial charge in [0.25, 0.3) is 11.5 Å². The SMILES string of the molecule is COn1c(O)c(C(C)=O)c(C)c(CCNNC(=O)C[n+]2ccc3ccccc3c2)c1=O. The van der Waals surface area contributed by atoms with Crippen LogP contribution in [0.15, 0.2) is 47.5 Å². The number of rotatable bonds is 8. The summed E-state index contributed by atoms with van der Waals surface area (Å²) in [5.74, 6) is -1.15. The van der Waals surface area contributed by atoms with Crippen LogP contribution in [-0.2, 0) is 17.8 Å². The van der Waals surface area contributed by atoms with E-state index in [1.807, 2.05) is 42.7 Å². The predicted octanol–water partition coefficient (Wildman–Crippen LogP) is 0.428. The molecule has 0 aliphatic heterocycles. The Balaban J connectivity index is 1.62. The van der Waals surface area contributed by atoms with E-state index in [9.17, 15) is 19.5 Å². The van der Waals surface area contributed by atoms with Gasteiger partial charge in [-0.15, -0.1) is 4.73 Å². The average Bonchev–Trinajstić information content (AvgIpc) is 2.73. The third-order valence-electron chi connectivity index (χ3n) is 5.02. The van der Waals surface area contributed by atoms with Gasteiger partial charge in [-0.3, -0.25) is 19.8 Å². The van der Waals surface area contributed by atoms with Gasteiger partial charge in [-0.05, 0) is 37.3 Å². The molecule has 0 bridgehead atoms. The number of nitrogens with one attached hydrogen (secondary N) is 2. The maximum absolute atomic E-state index is 12.5. The Morgan fingerprint density at radius 2 is 1.90 bits per heavy atom. The average molecular weight is 425 g/mol. The molecule has 0 aliphatic carbocycles. The molecular formula is C22H25N4O5+. The Morgan fingerprint density at radius 3 is 2.58 bits per heavy atom. The molecule has 0 spiro atoms. The van der Waals surface area contributed by atoms with Gasteiger partial charge < -0.3 is 9.94 Å². The summed E-state index contributed by atoms with van der Waals surface area (Å²) < 4.78 is 2.47. The molecule has 2 heterocycles. The van der Waals surface area contributed by atoms with Gasteiger partial charge in [0.1, 0.15) is 7.11 Å². The minimum atomic E-state index is -0.553. The molecule has 3 aromatic rings. The van der Waals surface area contributed by atoms with Gasteiger partial charge in [-0.25, -0.2) is 5.43 Å². The lowest BCUT2D eigenvalue weighted by molar-refractivity contribution is -0.683. The zero-order valence-electron chi connectivity index (χ0n) is 17.6. The van der Waals surface area contributed by atoms with Crippen LogP contribution >= 0.6 is 0 Å². The highest BCUT2D eigenvalue weighted by Crippen LogP contribution is 2.21. The third-order valence-corrected chi connectivity index (χ3v) is 5.02. The number of benzene rings is 1. The van der Waals surface area contributed by atoms with Crippen LogP contribution < -0.4 is 25.8 Å². The summed E-state index contributed by atoms with van der Waals surface area (Å²) in [5, 5.41) is 12.3. The van der Waals surface area contributed by atoms with Crippen molar-refractivity contribution in [3.8, 4) is 5.88 Å². The number of aromatic nitrogens is 2. The topological polar surface area (TPSA) is 114 Å². The standard InChI is InChI=1S/C22H24N4O5/c1-14-18(21(29)26(31-3)22(30)20(14)15(2)27)8-10-23-24-19(28)13-25-11-9-16-6-4-5-7-17(16)12-25/h4-7,9,11-12,23H,8,10,13H2,1-3H3,(H-,24,27,28,29,30)/p+1. The second-order valence-corrected chi connectivity index (χ2v) is 7.11. The quantitative estimate of drug-likeness (QED) is 0.209. The van der Waals surface area contributed by atoms with Crippen molar-refractivity contribution in [2.24, 2.45) is 0 Å². The fraction of sp³-hybridized carbons (Fsp3) is 0.273. The molecule has 9 heteroatoms. The highest BCUT2D eigenvalue weighted by Gasteiger charge is 2.22. The number of hydrogen-bond donors (Lipinski definition) is 3. The summed E-state index contributed by atoms with van der Waals surface area (Å²) in [6.07, 6.45) is 3.95. The van der Waals surface area contributed by atoms with Crippen LogP contribution in [0.1, 0.15) is 28.4 Å². The van der Waals surface area contributed by atoms with Crippen molar-refractivity contribution in [3.05, 3.63) is 69.8 Å². The van der Waals surface area contributed by atoms with E-state index in [4.69, 9.17) is 4.84 Å². The first-order chi connectivity index (χ1) is 14.8. The molecule has 0 fully saturated rings. The normalized spacial score (nSPS) is 10.8. The predicted molar refractivity (Wildman–Crippen MR) is 114 cm³/mol. The summed E-state index contributed by atoms with van der Waals surface area (Å²) >= 11 is 0. The van der Waals surface area contributed by atoms with Crippen molar-refractivity contribution in [3.63, 3.8) is 0 Å². The number of nitrogens with zero attached hydrogens (tertiary/aromatic N) is 2. The Morgan fingerprint density at radius 1 is 1.19 bits per heavy atom. The summed E-state index contributed by atoms with van der Waals surface area (Å²) in [6.45, 7) is 3.28. The van der Waals surface area contributed by atoms with E-state index in [-0.39, 0.29) is 36.8 Å². The molecule has 3 N–H and O–H groups in total. The monoisotopic (exact) mass is 425 g/mol. The van der Waals surface area contributed by atoms with Gasteiger partial charge in [0.2, 0.25) is 12.4 Å². The van der Waals surface area contributed by atoms with Gasteiger partial charge in [0.15, 0.2) is 18.2 Å². The molecule has 1 amide bonds. The van der Waals surface area contributed by atoms with E-state index in [2.05, 4.69) is 10.9 Å². The number of carbonyl (C=O) groups excluding carboxylic acids is 2. The van der Waals surface area contributed by atoms with Crippen molar-refractivity contribution in [1.82, 2.24) is 15.6 Å². The van der Waals surface area contributed by atoms with Crippen LogP contribution in [0, 0.1) is 6.92 Å². The number of aromatic hydroxyl groups is 1. The van der Waals surface area contributed by atoms with E-state index in [0.717, 1.165) is 10.8 Å². The minimum Gasteiger partial charge on any atom is -0.492 e. The highest BCUT2D eigenvalue weighted by molar-refractivity contribution is 5.97. The minimum absolute atomic E-state index is 0.0354. The fourth-order valence-electron chi connectivity index (χ4n) is 3.51. The highest BCUT2D eigenvalue weighted by atomic mass is 16.7.